The Balaban J connectivity index is 2.19. The van der Waals surface area contributed by atoms with E-state index >= 15 is 0 Å². The maximum Gasteiger partial charge on any atom is 0.573 e. The first-order chi connectivity index (χ1) is 13.7. The first-order valence-corrected chi connectivity index (χ1v) is 11.3. The Morgan fingerprint density at radius 2 is 1.52 bits per heavy atom. The van der Waals surface area contributed by atoms with Crippen LogP contribution in [0, 0.1) is 5.82 Å². The van der Waals surface area contributed by atoms with Crippen LogP contribution in [0.3, 0.4) is 0 Å². The Morgan fingerprint density at radius 3 is 2.24 bits per heavy atom. The predicted octanol–water partition coefficient (Wildman–Crippen LogP) is 7.12. The molecule has 0 aliphatic rings. The van der Waals surface area contributed by atoms with E-state index in [1.165, 1.54) is 24.3 Å². The molecule has 0 aromatic heterocycles. The van der Waals surface area contributed by atoms with E-state index in [-0.39, 0.29) is 10.5 Å². The number of rotatable bonds is 3. The van der Waals surface area contributed by atoms with Gasteiger partial charge in [-0.1, -0.05) is 42.5 Å². The van der Waals surface area contributed by atoms with Crippen LogP contribution in [0.15, 0.2) is 71.6 Å². The van der Waals surface area contributed by atoms with Gasteiger partial charge in [0.15, 0.2) is 0 Å². The Labute approximate surface area is 172 Å². The minimum absolute atomic E-state index is 0.0967. The van der Waals surface area contributed by atoms with Gasteiger partial charge in [0, 0.05) is 25.9 Å². The fourth-order valence-corrected chi connectivity index (χ4v) is 4.75. The van der Waals surface area contributed by atoms with Gasteiger partial charge < -0.3 is 4.74 Å². The highest BCUT2D eigenvalue weighted by molar-refractivity contribution is 9.46. The van der Waals surface area contributed by atoms with Crippen LogP contribution < -0.4 is 4.74 Å². The summed E-state index contributed by atoms with van der Waals surface area (Å²) in [7, 11) is -1.67. The average molecular weight is 483 g/mol. The largest absolute Gasteiger partial charge is 0.573 e. The summed E-state index contributed by atoms with van der Waals surface area (Å²) in [6.45, 7) is 0. The molecule has 4 aromatic rings. The van der Waals surface area contributed by atoms with Crippen LogP contribution in [-0.2, 0) is 9.23 Å². The number of ether oxygens (including phenoxy) is 1. The number of alkyl halides is 3. The molecule has 0 amide bonds. The van der Waals surface area contributed by atoms with E-state index < -0.39 is 27.2 Å². The molecule has 0 bridgehead atoms. The maximum atomic E-state index is 13.7. The van der Waals surface area contributed by atoms with Crippen LogP contribution in [0.2, 0.25) is 0 Å². The molecule has 29 heavy (non-hydrogen) atoms. The second kappa shape index (κ2) is 7.42. The third kappa shape index (κ3) is 3.86. The monoisotopic (exact) mass is 482 g/mol. The van der Waals surface area contributed by atoms with Crippen molar-refractivity contribution in [3.05, 3.63) is 72.5 Å². The summed E-state index contributed by atoms with van der Waals surface area (Å²) < 4.78 is 69.8. The van der Waals surface area contributed by atoms with Crippen LogP contribution in [0.4, 0.5) is 17.6 Å². The second-order valence-corrected chi connectivity index (χ2v) is 8.89. The molecular weight excluding hydrogens is 472 g/mol. The average Bonchev–Trinajstić information content (AvgIpc) is 2.66. The topological polar surface area (TPSA) is 26.3 Å². The molecular formula is C21H11BrF4O2S. The van der Waals surface area contributed by atoms with Gasteiger partial charge >= 0.3 is 6.36 Å². The number of fused-ring (bicyclic) bond motifs is 2. The van der Waals surface area contributed by atoms with Crippen LogP contribution in [0.1, 0.15) is 0 Å². The lowest BCUT2D eigenvalue weighted by molar-refractivity contribution is -0.274. The van der Waals surface area contributed by atoms with Crippen LogP contribution in [0.25, 0.3) is 32.7 Å². The highest BCUT2D eigenvalue weighted by atomic mass is 79.9. The highest BCUT2D eigenvalue weighted by Gasteiger charge is 2.33. The van der Waals surface area contributed by atoms with Crippen molar-refractivity contribution < 1.29 is 26.5 Å². The first-order valence-electron chi connectivity index (χ1n) is 8.33. The van der Waals surface area contributed by atoms with Crippen LogP contribution in [0.5, 0.6) is 5.75 Å². The molecule has 0 spiro atoms. The molecule has 4 rings (SSSR count). The molecule has 0 radical (unpaired) electrons. The molecule has 0 fully saturated rings. The SMILES string of the molecule is O=S(Br)c1ccc2ccccc2c1-c1c(OC(F)(F)F)ccc2cc(F)ccc12. The van der Waals surface area contributed by atoms with Crippen molar-refractivity contribution in [1.29, 1.82) is 0 Å². The normalized spacial score (nSPS) is 13.0. The summed E-state index contributed by atoms with van der Waals surface area (Å²) in [5.41, 5.74) is 0.425. The molecule has 4 aromatic carbocycles. The van der Waals surface area contributed by atoms with Crippen molar-refractivity contribution >= 4 is 45.6 Å². The van der Waals surface area contributed by atoms with E-state index in [9.17, 15) is 21.8 Å². The van der Waals surface area contributed by atoms with Crippen molar-refractivity contribution in [3.8, 4) is 16.9 Å². The van der Waals surface area contributed by atoms with Crippen molar-refractivity contribution in [2.75, 3.05) is 0 Å². The first kappa shape index (κ1) is 19.8. The standard InChI is InChI=1S/C21H11BrF4O2S/c22-29(27)18-10-6-12-3-1-2-4-15(12)20(18)19-16-8-7-14(23)11-13(16)5-9-17(19)28-21(24,25)26/h1-11H. The van der Waals surface area contributed by atoms with Crippen molar-refractivity contribution in [1.82, 2.24) is 0 Å². The third-order valence-corrected chi connectivity index (χ3v) is 6.22. The molecule has 0 saturated carbocycles. The van der Waals surface area contributed by atoms with Gasteiger partial charge in [-0.05, 0) is 45.8 Å². The van der Waals surface area contributed by atoms with Crippen molar-refractivity contribution in [2.45, 2.75) is 11.3 Å². The zero-order chi connectivity index (χ0) is 20.8. The Bertz CT molecular complexity index is 1270. The molecule has 0 aliphatic carbocycles. The van der Waals surface area contributed by atoms with Gasteiger partial charge in [0.2, 0.25) is 0 Å². The number of benzene rings is 4. The van der Waals surface area contributed by atoms with Gasteiger partial charge in [0.1, 0.15) is 20.8 Å². The van der Waals surface area contributed by atoms with E-state index in [4.69, 9.17) is 0 Å². The summed E-state index contributed by atoms with van der Waals surface area (Å²) in [5.74, 6) is -0.970. The molecule has 1 unspecified atom stereocenters. The van der Waals surface area contributed by atoms with E-state index in [2.05, 4.69) is 19.5 Å². The fourth-order valence-electron chi connectivity index (χ4n) is 3.39. The maximum absolute atomic E-state index is 13.7. The summed E-state index contributed by atoms with van der Waals surface area (Å²) in [4.78, 5) is 0.285. The Hall–Kier alpha value is -2.45. The van der Waals surface area contributed by atoms with Crippen LogP contribution in [-0.4, -0.2) is 10.6 Å². The molecule has 0 saturated heterocycles. The smallest absolute Gasteiger partial charge is 0.405 e. The van der Waals surface area contributed by atoms with Gasteiger partial charge in [-0.2, -0.15) is 0 Å². The third-order valence-electron chi connectivity index (χ3n) is 4.48. The number of halogens is 5. The van der Waals surface area contributed by atoms with Crippen LogP contribution >= 0.6 is 14.8 Å². The lowest BCUT2D eigenvalue weighted by Crippen LogP contribution is -2.17. The quantitative estimate of drug-likeness (QED) is 0.229. The summed E-state index contributed by atoms with van der Waals surface area (Å²) >= 11 is 3.03. The minimum Gasteiger partial charge on any atom is -0.405 e. The summed E-state index contributed by atoms with van der Waals surface area (Å²) in [6, 6.07) is 16.7. The molecule has 1 atom stereocenters. The lowest BCUT2D eigenvalue weighted by atomic mass is 9.93. The zero-order valence-corrected chi connectivity index (χ0v) is 16.9. The fraction of sp³-hybridized carbons (Fsp3) is 0.0476. The summed E-state index contributed by atoms with van der Waals surface area (Å²) in [5, 5.41) is 2.10. The number of hydrogen-bond acceptors (Lipinski definition) is 2. The van der Waals surface area contributed by atoms with Gasteiger partial charge in [0.25, 0.3) is 0 Å². The van der Waals surface area contributed by atoms with E-state index in [0.29, 0.717) is 21.7 Å². The molecule has 2 nitrogen and oxygen atoms in total. The highest BCUT2D eigenvalue weighted by Crippen LogP contribution is 2.45. The molecule has 0 aliphatic heterocycles. The Morgan fingerprint density at radius 1 is 0.828 bits per heavy atom. The lowest BCUT2D eigenvalue weighted by Gasteiger charge is -2.19. The molecule has 148 valence electrons. The van der Waals surface area contributed by atoms with Crippen molar-refractivity contribution in [3.63, 3.8) is 0 Å². The second-order valence-electron chi connectivity index (χ2n) is 6.24. The zero-order valence-electron chi connectivity index (χ0n) is 14.5. The minimum atomic E-state index is -4.93. The predicted molar refractivity (Wildman–Crippen MR) is 109 cm³/mol. The van der Waals surface area contributed by atoms with E-state index in [1.54, 1.807) is 36.4 Å². The molecule has 0 heterocycles. The molecule has 0 N–H and O–H groups in total. The van der Waals surface area contributed by atoms with Gasteiger partial charge in [0.05, 0.1) is 4.90 Å². The van der Waals surface area contributed by atoms with Gasteiger partial charge in [-0.25, -0.2) is 8.60 Å². The van der Waals surface area contributed by atoms with Gasteiger partial charge in [-0.3, -0.25) is 0 Å². The van der Waals surface area contributed by atoms with Gasteiger partial charge in [-0.15, -0.1) is 13.2 Å². The number of hydrogen-bond donors (Lipinski definition) is 0. The summed E-state index contributed by atoms with van der Waals surface area (Å²) in [6.07, 6.45) is -4.93. The molecule has 8 heteroatoms. The van der Waals surface area contributed by atoms with E-state index in [1.807, 2.05) is 0 Å². The van der Waals surface area contributed by atoms with Crippen molar-refractivity contribution in [2.24, 2.45) is 0 Å². The Kier molecular flexibility index (Phi) is 5.08. The van der Waals surface area contributed by atoms with E-state index in [0.717, 1.165) is 11.5 Å².